The second-order valence-corrected chi connectivity index (χ2v) is 5.76. The standard InChI is InChI=1S/C18H20BrNO4/c1-3-23-10-11-24-17-7-5-4-6-15(17)20-18(21)14-12-13(19)8-9-16(14)22-2/h4-9,12H,3,10-11H2,1-2H3,(H,20,21). The molecule has 1 N–H and O–H groups in total. The number of carbonyl (C=O) groups excluding carboxylic acids is 1. The van der Waals surface area contributed by atoms with Crippen molar-refractivity contribution in [2.45, 2.75) is 6.92 Å². The highest BCUT2D eigenvalue weighted by molar-refractivity contribution is 9.10. The molecule has 2 aromatic carbocycles. The second-order valence-electron chi connectivity index (χ2n) is 4.84. The first kappa shape index (κ1) is 18.3. The molecule has 0 radical (unpaired) electrons. The maximum absolute atomic E-state index is 12.6. The van der Waals surface area contributed by atoms with Crippen molar-refractivity contribution < 1.29 is 19.0 Å². The summed E-state index contributed by atoms with van der Waals surface area (Å²) >= 11 is 3.37. The normalized spacial score (nSPS) is 10.3. The van der Waals surface area contributed by atoms with Crippen molar-refractivity contribution >= 4 is 27.5 Å². The first-order chi connectivity index (χ1) is 11.7. The Labute approximate surface area is 150 Å². The second kappa shape index (κ2) is 9.30. The van der Waals surface area contributed by atoms with Gasteiger partial charge < -0.3 is 19.5 Å². The number of para-hydroxylation sites is 2. The van der Waals surface area contributed by atoms with E-state index in [9.17, 15) is 4.79 Å². The highest BCUT2D eigenvalue weighted by Crippen LogP contribution is 2.27. The highest BCUT2D eigenvalue weighted by atomic mass is 79.9. The van der Waals surface area contributed by atoms with Gasteiger partial charge in [0.15, 0.2) is 0 Å². The molecule has 0 heterocycles. The van der Waals surface area contributed by atoms with Gasteiger partial charge in [0, 0.05) is 11.1 Å². The minimum absolute atomic E-state index is 0.269. The van der Waals surface area contributed by atoms with Crippen molar-refractivity contribution in [3.8, 4) is 11.5 Å². The molecule has 0 bridgehead atoms. The SMILES string of the molecule is CCOCCOc1ccccc1NC(=O)c1cc(Br)ccc1OC. The van der Waals surface area contributed by atoms with Gasteiger partial charge in [-0.1, -0.05) is 28.1 Å². The van der Waals surface area contributed by atoms with Gasteiger partial charge in [-0.25, -0.2) is 0 Å². The van der Waals surface area contributed by atoms with E-state index in [1.807, 2.05) is 25.1 Å². The Bertz CT molecular complexity index is 690. The smallest absolute Gasteiger partial charge is 0.259 e. The molecular formula is C18H20BrNO4. The monoisotopic (exact) mass is 393 g/mol. The Hall–Kier alpha value is -2.05. The van der Waals surface area contributed by atoms with Crippen LogP contribution in [0.5, 0.6) is 11.5 Å². The molecule has 0 unspecified atom stereocenters. The van der Waals surface area contributed by atoms with Crippen molar-refractivity contribution in [1.29, 1.82) is 0 Å². The number of hydrogen-bond donors (Lipinski definition) is 1. The molecule has 0 atom stereocenters. The maximum Gasteiger partial charge on any atom is 0.259 e. The molecule has 24 heavy (non-hydrogen) atoms. The molecule has 128 valence electrons. The van der Waals surface area contributed by atoms with Crippen LogP contribution in [0.2, 0.25) is 0 Å². The van der Waals surface area contributed by atoms with E-state index in [0.29, 0.717) is 42.6 Å². The number of carbonyl (C=O) groups is 1. The summed E-state index contributed by atoms with van der Waals surface area (Å²) in [4.78, 5) is 12.6. The van der Waals surface area contributed by atoms with E-state index in [1.54, 1.807) is 24.3 Å². The lowest BCUT2D eigenvalue weighted by Gasteiger charge is -2.14. The van der Waals surface area contributed by atoms with E-state index in [0.717, 1.165) is 4.47 Å². The van der Waals surface area contributed by atoms with E-state index in [4.69, 9.17) is 14.2 Å². The fraction of sp³-hybridized carbons (Fsp3) is 0.278. The third kappa shape index (κ3) is 4.97. The van der Waals surface area contributed by atoms with E-state index in [2.05, 4.69) is 21.2 Å². The van der Waals surface area contributed by atoms with Gasteiger partial charge in [0.2, 0.25) is 0 Å². The van der Waals surface area contributed by atoms with E-state index < -0.39 is 0 Å². The van der Waals surface area contributed by atoms with E-state index in [-0.39, 0.29) is 5.91 Å². The number of ether oxygens (including phenoxy) is 3. The molecule has 0 aliphatic heterocycles. The Morgan fingerprint density at radius 2 is 1.92 bits per heavy atom. The van der Waals surface area contributed by atoms with Gasteiger partial charge >= 0.3 is 0 Å². The zero-order chi connectivity index (χ0) is 17.4. The van der Waals surface area contributed by atoms with Crippen LogP contribution in [0.1, 0.15) is 17.3 Å². The molecule has 0 saturated heterocycles. The molecule has 2 aromatic rings. The van der Waals surface area contributed by atoms with Gasteiger partial charge in [-0.15, -0.1) is 0 Å². The first-order valence-electron chi connectivity index (χ1n) is 7.60. The lowest BCUT2D eigenvalue weighted by Crippen LogP contribution is -2.15. The number of nitrogens with one attached hydrogen (secondary N) is 1. The zero-order valence-corrected chi connectivity index (χ0v) is 15.3. The van der Waals surface area contributed by atoms with E-state index in [1.165, 1.54) is 7.11 Å². The van der Waals surface area contributed by atoms with Crippen molar-refractivity contribution in [3.63, 3.8) is 0 Å². The lowest BCUT2D eigenvalue weighted by atomic mass is 10.2. The Morgan fingerprint density at radius 3 is 2.67 bits per heavy atom. The molecule has 5 nitrogen and oxygen atoms in total. The van der Waals surface area contributed by atoms with Crippen LogP contribution in [0.3, 0.4) is 0 Å². The number of benzene rings is 2. The predicted octanol–water partition coefficient (Wildman–Crippen LogP) is 4.13. The van der Waals surface area contributed by atoms with Gasteiger partial charge in [-0.05, 0) is 37.3 Å². The van der Waals surface area contributed by atoms with E-state index >= 15 is 0 Å². The molecule has 1 amide bonds. The fourth-order valence-electron chi connectivity index (χ4n) is 2.10. The minimum atomic E-state index is -0.269. The van der Waals surface area contributed by atoms with Crippen LogP contribution in [0, 0.1) is 0 Å². The molecule has 0 spiro atoms. The quantitative estimate of drug-likeness (QED) is 0.685. The van der Waals surface area contributed by atoms with Gasteiger partial charge in [0.25, 0.3) is 5.91 Å². The largest absolute Gasteiger partial charge is 0.496 e. The topological polar surface area (TPSA) is 56.8 Å². The Morgan fingerprint density at radius 1 is 1.12 bits per heavy atom. The van der Waals surface area contributed by atoms with Crippen LogP contribution >= 0.6 is 15.9 Å². The Kier molecular flexibility index (Phi) is 7.08. The van der Waals surface area contributed by atoms with Gasteiger partial charge in [0.1, 0.15) is 18.1 Å². The number of methoxy groups -OCH3 is 1. The van der Waals surface area contributed by atoms with Crippen LogP contribution in [0.4, 0.5) is 5.69 Å². The number of rotatable bonds is 8. The van der Waals surface area contributed by atoms with Gasteiger partial charge in [-0.3, -0.25) is 4.79 Å². The third-order valence-corrected chi connectivity index (χ3v) is 3.72. The highest BCUT2D eigenvalue weighted by Gasteiger charge is 2.15. The van der Waals surface area contributed by atoms with Crippen molar-refractivity contribution in [1.82, 2.24) is 0 Å². The summed E-state index contributed by atoms with van der Waals surface area (Å²) < 4.78 is 17.0. The molecular weight excluding hydrogens is 374 g/mol. The number of hydrogen-bond acceptors (Lipinski definition) is 4. The van der Waals surface area contributed by atoms with Crippen molar-refractivity contribution in [3.05, 3.63) is 52.5 Å². The summed E-state index contributed by atoms with van der Waals surface area (Å²) in [6.07, 6.45) is 0. The summed E-state index contributed by atoms with van der Waals surface area (Å²) in [6.45, 7) is 3.49. The van der Waals surface area contributed by atoms with Gasteiger partial charge in [-0.2, -0.15) is 0 Å². The molecule has 6 heteroatoms. The number of halogens is 1. The average molecular weight is 394 g/mol. The molecule has 0 fully saturated rings. The van der Waals surface area contributed by atoms with Crippen LogP contribution < -0.4 is 14.8 Å². The summed E-state index contributed by atoms with van der Waals surface area (Å²) in [7, 11) is 1.53. The Balaban J connectivity index is 2.13. The number of amides is 1. The van der Waals surface area contributed by atoms with Crippen LogP contribution in [0.15, 0.2) is 46.9 Å². The fourth-order valence-corrected chi connectivity index (χ4v) is 2.46. The maximum atomic E-state index is 12.6. The van der Waals surface area contributed by atoms with Crippen molar-refractivity contribution in [2.75, 3.05) is 32.2 Å². The predicted molar refractivity (Wildman–Crippen MR) is 97.1 cm³/mol. The summed E-state index contributed by atoms with van der Waals surface area (Å²) in [5.74, 6) is 0.832. The van der Waals surface area contributed by atoms with Crippen molar-refractivity contribution in [2.24, 2.45) is 0 Å². The van der Waals surface area contributed by atoms with Crippen LogP contribution in [-0.4, -0.2) is 32.8 Å². The first-order valence-corrected chi connectivity index (χ1v) is 8.39. The average Bonchev–Trinajstić information content (AvgIpc) is 2.60. The number of anilines is 1. The molecule has 2 rings (SSSR count). The molecule has 0 aliphatic carbocycles. The van der Waals surface area contributed by atoms with Crippen LogP contribution in [0.25, 0.3) is 0 Å². The lowest BCUT2D eigenvalue weighted by molar-refractivity contribution is 0.102. The summed E-state index contributed by atoms with van der Waals surface area (Å²) in [5.41, 5.74) is 1.04. The third-order valence-electron chi connectivity index (χ3n) is 3.23. The summed E-state index contributed by atoms with van der Waals surface area (Å²) in [6, 6.07) is 12.6. The van der Waals surface area contributed by atoms with Crippen LogP contribution in [-0.2, 0) is 4.74 Å². The zero-order valence-electron chi connectivity index (χ0n) is 13.7. The molecule has 0 saturated carbocycles. The molecule has 0 aromatic heterocycles. The molecule has 0 aliphatic rings. The minimum Gasteiger partial charge on any atom is -0.496 e. The van der Waals surface area contributed by atoms with Gasteiger partial charge in [0.05, 0.1) is 25.0 Å². The summed E-state index contributed by atoms with van der Waals surface area (Å²) in [5, 5.41) is 2.86.